The maximum absolute atomic E-state index is 15.0. The molecule has 3 saturated heterocycles. The van der Waals surface area contributed by atoms with Crippen LogP contribution in [0.3, 0.4) is 0 Å². The molecule has 1 spiro atoms. The van der Waals surface area contributed by atoms with Crippen LogP contribution in [0.5, 0.6) is 0 Å². The molecule has 0 radical (unpaired) electrons. The monoisotopic (exact) mass is 656 g/mol. The van der Waals surface area contributed by atoms with Crippen LogP contribution in [0.1, 0.15) is 52.5 Å². The zero-order chi connectivity index (χ0) is 34.6. The van der Waals surface area contributed by atoms with E-state index >= 15 is 4.79 Å². The lowest BCUT2D eigenvalue weighted by Crippen LogP contribution is -2.59. The largest absolute Gasteiger partial charge is 0.394 e. The first-order valence-electron chi connectivity index (χ1n) is 17.5. The maximum Gasteiger partial charge on any atom is 0.253 e. The summed E-state index contributed by atoms with van der Waals surface area (Å²) in [5.41, 5.74) is 1.54. The molecule has 5 rings (SSSR count). The SMILES string of the molecule is C=CCN(Cc1ccccc1)C(=O)[C@@H]1[C@H]2C(=O)N([C@@H](CO)CC(C)C)C(C(=O)N(CC=C)c3ccc(N(CC)CC)cc3)C23CC[C@H]1O3. The van der Waals surface area contributed by atoms with Crippen LogP contribution in [0.2, 0.25) is 0 Å². The van der Waals surface area contributed by atoms with Crippen molar-refractivity contribution in [2.75, 3.05) is 42.6 Å². The summed E-state index contributed by atoms with van der Waals surface area (Å²) in [6.45, 7) is 18.5. The van der Waals surface area contributed by atoms with Gasteiger partial charge in [0.2, 0.25) is 11.8 Å². The van der Waals surface area contributed by atoms with Crippen LogP contribution in [-0.2, 0) is 25.7 Å². The number of aliphatic hydroxyl groups excluding tert-OH is 1. The molecule has 48 heavy (non-hydrogen) atoms. The number of benzene rings is 2. The van der Waals surface area contributed by atoms with Crippen molar-refractivity contribution in [3.63, 3.8) is 0 Å². The van der Waals surface area contributed by atoms with Crippen molar-refractivity contribution < 1.29 is 24.2 Å². The summed E-state index contributed by atoms with van der Waals surface area (Å²) in [7, 11) is 0. The van der Waals surface area contributed by atoms with E-state index in [0.29, 0.717) is 38.0 Å². The number of rotatable bonds is 16. The predicted molar refractivity (Wildman–Crippen MR) is 189 cm³/mol. The summed E-state index contributed by atoms with van der Waals surface area (Å²) in [6.07, 6.45) is 4.45. The Hall–Kier alpha value is -3.95. The number of hydrogen-bond donors (Lipinski definition) is 1. The van der Waals surface area contributed by atoms with Crippen molar-refractivity contribution in [2.24, 2.45) is 17.8 Å². The van der Waals surface area contributed by atoms with E-state index in [1.54, 1.807) is 26.9 Å². The fraction of sp³-hybridized carbons (Fsp3) is 0.513. The number of hydrogen-bond acceptors (Lipinski definition) is 6. The zero-order valence-electron chi connectivity index (χ0n) is 29.0. The van der Waals surface area contributed by atoms with Gasteiger partial charge in [-0.05, 0) is 68.9 Å². The molecule has 258 valence electrons. The molecule has 0 aliphatic carbocycles. The molecule has 3 aliphatic heterocycles. The highest BCUT2D eigenvalue weighted by Gasteiger charge is 2.75. The number of carbonyl (C=O) groups excluding carboxylic acids is 3. The van der Waals surface area contributed by atoms with Gasteiger partial charge in [0.1, 0.15) is 11.6 Å². The lowest BCUT2D eigenvalue weighted by Gasteiger charge is -2.39. The number of anilines is 2. The predicted octanol–water partition coefficient (Wildman–Crippen LogP) is 5.05. The van der Waals surface area contributed by atoms with Gasteiger partial charge in [-0.2, -0.15) is 0 Å². The number of fused-ring (bicyclic) bond motifs is 1. The Morgan fingerprint density at radius 2 is 1.65 bits per heavy atom. The van der Waals surface area contributed by atoms with Gasteiger partial charge in [0.15, 0.2) is 0 Å². The summed E-state index contributed by atoms with van der Waals surface area (Å²) >= 11 is 0. The Morgan fingerprint density at radius 3 is 2.23 bits per heavy atom. The average molecular weight is 657 g/mol. The lowest BCUT2D eigenvalue weighted by atomic mass is 9.70. The Balaban J connectivity index is 1.55. The maximum atomic E-state index is 15.0. The van der Waals surface area contributed by atoms with Gasteiger partial charge < -0.3 is 29.4 Å². The van der Waals surface area contributed by atoms with E-state index in [1.165, 1.54) is 0 Å². The average Bonchev–Trinajstić information content (AvgIpc) is 3.74. The lowest BCUT2D eigenvalue weighted by molar-refractivity contribution is -0.147. The minimum Gasteiger partial charge on any atom is -0.394 e. The molecular weight excluding hydrogens is 604 g/mol. The van der Waals surface area contributed by atoms with Crippen LogP contribution in [0.25, 0.3) is 0 Å². The normalized spacial score (nSPS) is 24.8. The third kappa shape index (κ3) is 6.42. The molecule has 2 aromatic rings. The van der Waals surface area contributed by atoms with Gasteiger partial charge in [-0.3, -0.25) is 14.4 Å². The van der Waals surface area contributed by atoms with Crippen molar-refractivity contribution in [1.82, 2.24) is 9.80 Å². The molecule has 0 aromatic heterocycles. The quantitative estimate of drug-likeness (QED) is 0.255. The van der Waals surface area contributed by atoms with Crippen molar-refractivity contribution in [1.29, 1.82) is 0 Å². The Kier molecular flexibility index (Phi) is 11.1. The van der Waals surface area contributed by atoms with Crippen LogP contribution in [0.4, 0.5) is 11.4 Å². The number of carbonyl (C=O) groups is 3. The molecule has 3 aliphatic rings. The van der Waals surface area contributed by atoms with Gasteiger partial charge in [-0.25, -0.2) is 0 Å². The highest BCUT2D eigenvalue weighted by atomic mass is 16.5. The van der Waals surface area contributed by atoms with Crippen LogP contribution in [0.15, 0.2) is 79.9 Å². The molecule has 2 unspecified atom stereocenters. The van der Waals surface area contributed by atoms with Crippen molar-refractivity contribution in [3.8, 4) is 0 Å². The first-order valence-corrected chi connectivity index (χ1v) is 17.5. The fourth-order valence-corrected chi connectivity index (χ4v) is 8.30. The molecule has 3 fully saturated rings. The second kappa shape index (κ2) is 15.1. The molecule has 2 bridgehead atoms. The molecule has 1 N–H and O–H groups in total. The van der Waals surface area contributed by atoms with Crippen LogP contribution < -0.4 is 9.80 Å². The number of aliphatic hydroxyl groups is 1. The first-order chi connectivity index (χ1) is 23.1. The Bertz CT molecular complexity index is 1460. The molecular formula is C39H52N4O5. The molecule has 6 atom stereocenters. The van der Waals surface area contributed by atoms with Crippen molar-refractivity contribution >= 4 is 29.1 Å². The molecule has 2 aromatic carbocycles. The summed E-state index contributed by atoms with van der Waals surface area (Å²) in [5, 5.41) is 10.7. The third-order valence-electron chi connectivity index (χ3n) is 10.3. The highest BCUT2D eigenvalue weighted by Crippen LogP contribution is 2.59. The Labute approximate surface area is 285 Å². The van der Waals surface area contributed by atoms with E-state index in [-0.39, 0.29) is 36.8 Å². The standard InChI is InChI=1S/C39H52N4O5/c1-7-22-41(25-28-14-12-11-13-15-28)36(45)33-32-20-21-39(48-32)34(33)37(46)43(31(26-44)24-27(5)6)35(39)38(47)42(23-8-2)30-18-16-29(17-19-30)40(9-3)10-4/h7-8,11-19,27,31-35,44H,1-2,9-10,20-26H2,3-6H3/t31-,32-,33+,34+,35?,39?/m1/s1. The van der Waals surface area contributed by atoms with Gasteiger partial charge >= 0.3 is 0 Å². The van der Waals surface area contributed by atoms with Gasteiger partial charge in [-0.1, -0.05) is 56.3 Å². The Morgan fingerprint density at radius 1 is 1.00 bits per heavy atom. The van der Waals surface area contributed by atoms with E-state index in [0.717, 1.165) is 24.3 Å². The van der Waals surface area contributed by atoms with E-state index < -0.39 is 35.6 Å². The summed E-state index contributed by atoms with van der Waals surface area (Å²) in [4.78, 5) is 51.5. The van der Waals surface area contributed by atoms with E-state index in [9.17, 15) is 14.7 Å². The first kappa shape index (κ1) is 35.4. The van der Waals surface area contributed by atoms with Crippen molar-refractivity contribution in [3.05, 3.63) is 85.5 Å². The zero-order valence-corrected chi connectivity index (χ0v) is 29.0. The molecule has 9 nitrogen and oxygen atoms in total. The summed E-state index contributed by atoms with van der Waals surface area (Å²) < 4.78 is 6.78. The summed E-state index contributed by atoms with van der Waals surface area (Å²) in [6, 6.07) is 16.0. The van der Waals surface area contributed by atoms with Crippen LogP contribution in [-0.4, -0.2) is 89.2 Å². The van der Waals surface area contributed by atoms with Crippen molar-refractivity contribution in [2.45, 2.75) is 77.3 Å². The van der Waals surface area contributed by atoms with Gasteiger partial charge in [0.05, 0.1) is 30.6 Å². The fourth-order valence-electron chi connectivity index (χ4n) is 8.30. The van der Waals surface area contributed by atoms with Gasteiger partial charge in [-0.15, -0.1) is 13.2 Å². The minimum absolute atomic E-state index is 0.157. The number of ether oxygens (including phenoxy) is 1. The second-order valence-electron chi connectivity index (χ2n) is 13.7. The number of nitrogens with zero attached hydrogens (tertiary/aromatic N) is 4. The minimum atomic E-state index is -1.18. The molecule has 9 heteroatoms. The van der Waals surface area contributed by atoms with Crippen LogP contribution >= 0.6 is 0 Å². The third-order valence-corrected chi connectivity index (χ3v) is 10.3. The van der Waals surface area contributed by atoms with Gasteiger partial charge in [0.25, 0.3) is 5.91 Å². The molecule has 0 saturated carbocycles. The topological polar surface area (TPSA) is 93.6 Å². The van der Waals surface area contributed by atoms with Gasteiger partial charge in [0, 0.05) is 44.1 Å². The summed E-state index contributed by atoms with van der Waals surface area (Å²) in [5.74, 6) is -2.17. The highest BCUT2D eigenvalue weighted by molar-refractivity contribution is 6.05. The van der Waals surface area contributed by atoms with E-state index in [2.05, 4.69) is 31.9 Å². The smallest absolute Gasteiger partial charge is 0.253 e. The van der Waals surface area contributed by atoms with Crippen LogP contribution in [0, 0.1) is 17.8 Å². The van der Waals surface area contributed by atoms with E-state index in [1.807, 2.05) is 68.4 Å². The second-order valence-corrected chi connectivity index (χ2v) is 13.7. The molecule has 3 heterocycles. The van der Waals surface area contributed by atoms with E-state index in [4.69, 9.17) is 4.74 Å². The number of likely N-dealkylation sites (tertiary alicyclic amines) is 1. The number of amides is 3. The molecule has 3 amide bonds.